The van der Waals surface area contributed by atoms with Gasteiger partial charge in [-0.25, -0.2) is 4.39 Å². The molecule has 3 rings (SSSR count). The van der Waals surface area contributed by atoms with Gasteiger partial charge in [-0.3, -0.25) is 4.79 Å². The molecule has 6 nitrogen and oxygen atoms in total. The molecule has 0 radical (unpaired) electrons. The summed E-state index contributed by atoms with van der Waals surface area (Å²) in [7, 11) is 1.45. The average Bonchev–Trinajstić information content (AvgIpc) is 2.72. The first kappa shape index (κ1) is 23.8. The molecule has 3 aromatic rings. The summed E-state index contributed by atoms with van der Waals surface area (Å²) in [5, 5.41) is 21.8. The number of benzene rings is 2. The number of pyridine rings is 1. The molecule has 0 aliphatic rings. The molecule has 170 valence electrons. The highest BCUT2D eigenvalue weighted by Gasteiger charge is 2.28. The van der Waals surface area contributed by atoms with Crippen LogP contribution in [0.5, 0.6) is 5.75 Å². The summed E-state index contributed by atoms with van der Waals surface area (Å²) in [6.07, 6.45) is 1.27. The van der Waals surface area contributed by atoms with Crippen molar-refractivity contribution < 1.29 is 24.1 Å². The number of carbonyl (C=O) groups is 1. The van der Waals surface area contributed by atoms with Crippen molar-refractivity contribution in [3.63, 3.8) is 0 Å². The van der Waals surface area contributed by atoms with Gasteiger partial charge in [-0.1, -0.05) is 44.5 Å². The van der Waals surface area contributed by atoms with E-state index < -0.39 is 34.2 Å². The number of aliphatic hydroxyl groups is 1. The smallest absolute Gasteiger partial charge is 0.198 e. The van der Waals surface area contributed by atoms with E-state index in [2.05, 4.69) is 0 Å². The molecule has 0 bridgehead atoms. The van der Waals surface area contributed by atoms with Crippen LogP contribution in [0.3, 0.4) is 0 Å². The van der Waals surface area contributed by atoms with E-state index in [0.29, 0.717) is 22.4 Å². The van der Waals surface area contributed by atoms with Gasteiger partial charge >= 0.3 is 0 Å². The van der Waals surface area contributed by atoms with Gasteiger partial charge in [0.25, 0.3) is 0 Å². The predicted octanol–water partition coefficient (Wildman–Crippen LogP) is 3.34. The van der Waals surface area contributed by atoms with Crippen molar-refractivity contribution in [1.29, 1.82) is 0 Å². The third-order valence-corrected chi connectivity index (χ3v) is 5.87. The number of nitrogens with zero attached hydrogens (tertiary/aromatic N) is 1. The Morgan fingerprint density at radius 2 is 1.97 bits per heavy atom. The topological polar surface area (TPSA) is 91.6 Å². The van der Waals surface area contributed by atoms with Gasteiger partial charge in [0.1, 0.15) is 11.6 Å². The van der Waals surface area contributed by atoms with Crippen molar-refractivity contribution >= 4 is 28.5 Å². The first-order chi connectivity index (χ1) is 15.0. The molecule has 1 aromatic heterocycles. The number of hydrogen-bond donors (Lipinski definition) is 1. The van der Waals surface area contributed by atoms with E-state index >= 15 is 0 Å². The van der Waals surface area contributed by atoms with Gasteiger partial charge in [-0.2, -0.15) is 0 Å². The highest BCUT2D eigenvalue weighted by molar-refractivity contribution is 6.30. The van der Waals surface area contributed by atoms with Gasteiger partial charge in [0.2, 0.25) is 0 Å². The molecule has 1 N–H and O–H groups in total. The van der Waals surface area contributed by atoms with Crippen molar-refractivity contribution in [3.8, 4) is 5.75 Å². The largest absolute Gasteiger partial charge is 0.545 e. The highest BCUT2D eigenvalue weighted by Crippen LogP contribution is 2.35. The maximum atomic E-state index is 14.5. The fraction of sp³-hybridized carbons (Fsp3) is 0.333. The van der Waals surface area contributed by atoms with E-state index in [1.54, 1.807) is 22.8 Å². The number of hydrogen-bond acceptors (Lipinski definition) is 5. The number of methoxy groups -OCH3 is 1. The van der Waals surface area contributed by atoms with E-state index in [0.717, 1.165) is 0 Å². The van der Waals surface area contributed by atoms with Crippen LogP contribution in [0.4, 0.5) is 4.39 Å². The minimum Gasteiger partial charge on any atom is -0.545 e. The second kappa shape index (κ2) is 8.92. The van der Waals surface area contributed by atoms with Crippen LogP contribution in [0.1, 0.15) is 48.3 Å². The lowest BCUT2D eigenvalue weighted by Crippen LogP contribution is -2.34. The number of aromatic nitrogens is 1. The molecule has 2 aromatic carbocycles. The molecule has 0 amide bonds. The molecule has 0 aliphatic heterocycles. The van der Waals surface area contributed by atoms with Crippen LogP contribution in [-0.4, -0.2) is 29.4 Å². The lowest BCUT2D eigenvalue weighted by Gasteiger charge is -2.33. The maximum Gasteiger partial charge on any atom is 0.198 e. The second-order valence-electron chi connectivity index (χ2n) is 8.70. The van der Waals surface area contributed by atoms with Crippen LogP contribution in [0.25, 0.3) is 10.9 Å². The molecule has 0 unspecified atom stereocenters. The zero-order valence-corrected chi connectivity index (χ0v) is 19.0. The zero-order valence-electron chi connectivity index (χ0n) is 18.2. The molecule has 0 fully saturated rings. The van der Waals surface area contributed by atoms with Crippen molar-refractivity contribution in [1.82, 2.24) is 4.57 Å². The van der Waals surface area contributed by atoms with Gasteiger partial charge in [0.05, 0.1) is 41.8 Å². The summed E-state index contributed by atoms with van der Waals surface area (Å²) >= 11 is 5.89. The van der Waals surface area contributed by atoms with Crippen LogP contribution >= 0.6 is 11.6 Å². The molecule has 1 heterocycles. The van der Waals surface area contributed by atoms with Gasteiger partial charge in [0, 0.05) is 24.1 Å². The van der Waals surface area contributed by atoms with Crippen molar-refractivity contribution in [3.05, 3.63) is 74.3 Å². The third kappa shape index (κ3) is 4.36. The number of fused-ring (bicyclic) bond motifs is 1. The summed E-state index contributed by atoms with van der Waals surface area (Å²) in [5.74, 6) is -1.81. The molecule has 1 atom stereocenters. The van der Waals surface area contributed by atoms with E-state index in [1.807, 2.05) is 20.8 Å². The van der Waals surface area contributed by atoms with Gasteiger partial charge < -0.3 is 24.3 Å². The van der Waals surface area contributed by atoms with Crippen molar-refractivity contribution in [2.24, 2.45) is 5.41 Å². The molecule has 8 heteroatoms. The number of carboxylic acid groups (broad SMARTS) is 1. The number of carbonyl (C=O) groups excluding carboxylic acids is 1. The van der Waals surface area contributed by atoms with E-state index in [4.69, 9.17) is 16.3 Å². The Labute approximate surface area is 189 Å². The molecule has 0 spiro atoms. The number of aromatic carboxylic acids is 1. The number of ether oxygens (including phenoxy) is 1. The predicted molar refractivity (Wildman–Crippen MR) is 119 cm³/mol. The van der Waals surface area contributed by atoms with Gasteiger partial charge in [0.15, 0.2) is 5.43 Å². The molecule has 0 aliphatic carbocycles. The molecular formula is C24H24ClFNO5-. The van der Waals surface area contributed by atoms with Gasteiger partial charge in [-0.05, 0) is 28.7 Å². The summed E-state index contributed by atoms with van der Waals surface area (Å²) in [5.41, 5.74) is -0.537. The van der Waals surface area contributed by atoms with Crippen LogP contribution < -0.4 is 15.3 Å². The average molecular weight is 461 g/mol. The summed E-state index contributed by atoms with van der Waals surface area (Å²) < 4.78 is 21.5. The molecule has 0 saturated heterocycles. The molecular weight excluding hydrogens is 437 g/mol. The Balaban J connectivity index is 2.34. The van der Waals surface area contributed by atoms with Crippen LogP contribution in [0, 0.1) is 11.2 Å². The monoisotopic (exact) mass is 460 g/mol. The number of rotatable bonds is 6. The third-order valence-electron chi connectivity index (χ3n) is 5.58. The SMILES string of the molecule is COc1cc2c(cc1Cc1cccc(Cl)c1F)c(=O)c(C(=O)[O-])cn2[C@H](CO)C(C)(C)C. The van der Waals surface area contributed by atoms with E-state index in [9.17, 15) is 24.2 Å². The second-order valence-corrected chi connectivity index (χ2v) is 9.11. The fourth-order valence-electron chi connectivity index (χ4n) is 3.82. The Morgan fingerprint density at radius 3 is 2.53 bits per heavy atom. The Morgan fingerprint density at radius 1 is 1.28 bits per heavy atom. The van der Waals surface area contributed by atoms with E-state index in [-0.39, 0.29) is 23.4 Å². The summed E-state index contributed by atoms with van der Waals surface area (Å²) in [4.78, 5) is 24.7. The van der Waals surface area contributed by atoms with Crippen LogP contribution in [-0.2, 0) is 6.42 Å². The lowest BCUT2D eigenvalue weighted by atomic mass is 9.86. The quantitative estimate of drug-likeness (QED) is 0.609. The molecule has 32 heavy (non-hydrogen) atoms. The minimum absolute atomic E-state index is 0.0279. The normalized spacial score (nSPS) is 12.7. The Hall–Kier alpha value is -2.90. The van der Waals surface area contributed by atoms with Crippen molar-refractivity contribution in [2.75, 3.05) is 13.7 Å². The van der Waals surface area contributed by atoms with Crippen LogP contribution in [0.15, 0.2) is 41.3 Å². The Kier molecular flexibility index (Phi) is 6.62. The lowest BCUT2D eigenvalue weighted by molar-refractivity contribution is -0.255. The Bertz CT molecular complexity index is 1250. The van der Waals surface area contributed by atoms with Crippen molar-refractivity contribution in [2.45, 2.75) is 33.2 Å². The number of carboxylic acids is 1. The molecule has 0 saturated carbocycles. The highest BCUT2D eigenvalue weighted by atomic mass is 35.5. The number of halogens is 2. The summed E-state index contributed by atoms with van der Waals surface area (Å²) in [6.45, 7) is 5.39. The fourth-order valence-corrected chi connectivity index (χ4v) is 4.02. The zero-order chi connectivity index (χ0) is 23.8. The maximum absolute atomic E-state index is 14.5. The van der Waals surface area contributed by atoms with Gasteiger partial charge in [-0.15, -0.1) is 0 Å². The first-order valence-electron chi connectivity index (χ1n) is 10.0. The first-order valence-corrected chi connectivity index (χ1v) is 10.4. The minimum atomic E-state index is -1.62. The van der Waals surface area contributed by atoms with Crippen LogP contribution in [0.2, 0.25) is 5.02 Å². The number of aliphatic hydroxyl groups excluding tert-OH is 1. The van der Waals surface area contributed by atoms with E-state index in [1.165, 1.54) is 25.4 Å². The summed E-state index contributed by atoms with van der Waals surface area (Å²) in [6, 6.07) is 7.18. The standard InChI is InChI=1S/C24H25ClFNO5/c1-24(2,3)20(12-28)27-11-16(23(30)31)22(29)15-9-14(19(32-4)10-18(15)27)8-13-6-5-7-17(25)21(13)26/h5-7,9-11,20,28H,8,12H2,1-4H3,(H,30,31)/p-1/t20-/m1/s1.